The van der Waals surface area contributed by atoms with Crippen LogP contribution in [0.15, 0.2) is 97.2 Å². The van der Waals surface area contributed by atoms with Gasteiger partial charge in [0.15, 0.2) is 6.10 Å². The van der Waals surface area contributed by atoms with E-state index in [-0.39, 0.29) is 44.0 Å². The molecule has 0 saturated heterocycles. The molecule has 0 aliphatic rings. The molecule has 0 N–H and O–H groups in total. The lowest BCUT2D eigenvalue weighted by atomic mass is 10.1. The van der Waals surface area contributed by atoms with Gasteiger partial charge in [-0.25, -0.2) is 0 Å². The fourth-order valence-electron chi connectivity index (χ4n) is 6.27. The highest BCUT2D eigenvalue weighted by molar-refractivity contribution is 5.71. The molecule has 60 heavy (non-hydrogen) atoms. The molecule has 0 rings (SSSR count). The maximum absolute atomic E-state index is 12.7. The van der Waals surface area contributed by atoms with Gasteiger partial charge >= 0.3 is 17.9 Å². The van der Waals surface area contributed by atoms with E-state index in [1.54, 1.807) is 0 Å². The summed E-state index contributed by atoms with van der Waals surface area (Å²) in [4.78, 5) is 37.8. The highest BCUT2D eigenvalue weighted by atomic mass is 16.6. The van der Waals surface area contributed by atoms with E-state index in [1.165, 1.54) is 51.4 Å². The third-order valence-electron chi connectivity index (χ3n) is 9.88. The van der Waals surface area contributed by atoms with E-state index in [9.17, 15) is 14.4 Å². The van der Waals surface area contributed by atoms with Crippen molar-refractivity contribution < 1.29 is 28.6 Å². The molecule has 0 aromatic heterocycles. The topological polar surface area (TPSA) is 78.9 Å². The van der Waals surface area contributed by atoms with Gasteiger partial charge in [0.05, 0.1) is 0 Å². The Hall–Kier alpha value is -3.67. The molecule has 0 aliphatic heterocycles. The fraction of sp³-hybridized carbons (Fsp3) is 0.648. The van der Waals surface area contributed by atoms with Gasteiger partial charge < -0.3 is 14.2 Å². The summed E-state index contributed by atoms with van der Waals surface area (Å²) in [5.74, 6) is -1.02. The van der Waals surface area contributed by atoms with E-state index >= 15 is 0 Å². The normalized spacial score (nSPS) is 12.9. The van der Waals surface area contributed by atoms with Crippen LogP contribution in [-0.2, 0) is 28.6 Å². The number of esters is 3. The van der Waals surface area contributed by atoms with E-state index in [0.717, 1.165) is 109 Å². The van der Waals surface area contributed by atoms with Gasteiger partial charge in [0.1, 0.15) is 13.2 Å². The highest BCUT2D eigenvalue weighted by Crippen LogP contribution is 2.13. The Bertz CT molecular complexity index is 1230. The number of hydrogen-bond donors (Lipinski definition) is 0. The van der Waals surface area contributed by atoms with E-state index in [4.69, 9.17) is 14.2 Å². The number of hydrogen-bond acceptors (Lipinski definition) is 6. The summed E-state index contributed by atoms with van der Waals surface area (Å²) in [6.45, 7) is 6.28. The Labute approximate surface area is 368 Å². The summed E-state index contributed by atoms with van der Waals surface area (Å²) in [7, 11) is 0. The summed E-state index contributed by atoms with van der Waals surface area (Å²) in [5, 5.41) is 0. The van der Waals surface area contributed by atoms with E-state index in [1.807, 2.05) is 12.2 Å². The smallest absolute Gasteiger partial charge is 0.306 e. The summed E-state index contributed by atoms with van der Waals surface area (Å²) in [5.41, 5.74) is 0. The number of rotatable bonds is 42. The highest BCUT2D eigenvalue weighted by Gasteiger charge is 2.19. The molecule has 6 nitrogen and oxygen atoms in total. The molecule has 1 unspecified atom stereocenters. The van der Waals surface area contributed by atoms with Crippen LogP contribution >= 0.6 is 0 Å². The molecule has 1 atom stereocenters. The molecule has 0 aromatic carbocycles. The van der Waals surface area contributed by atoms with Crippen molar-refractivity contribution in [1.29, 1.82) is 0 Å². The minimum Gasteiger partial charge on any atom is -0.462 e. The van der Waals surface area contributed by atoms with Gasteiger partial charge in [0.2, 0.25) is 0 Å². The van der Waals surface area contributed by atoms with Crippen molar-refractivity contribution in [3.05, 3.63) is 97.2 Å². The zero-order chi connectivity index (χ0) is 43.7. The molecular formula is C54H88O6. The van der Waals surface area contributed by atoms with E-state index in [2.05, 4.69) is 106 Å². The Morgan fingerprint density at radius 2 is 0.767 bits per heavy atom. The molecular weight excluding hydrogens is 745 g/mol. The first-order chi connectivity index (χ1) is 29.5. The summed E-state index contributed by atoms with van der Waals surface area (Å²) < 4.78 is 16.7. The second kappa shape index (κ2) is 48.0. The third kappa shape index (κ3) is 45.4. The van der Waals surface area contributed by atoms with Crippen LogP contribution in [0.3, 0.4) is 0 Å². The van der Waals surface area contributed by atoms with Crippen molar-refractivity contribution in [3.8, 4) is 0 Å². The van der Waals surface area contributed by atoms with Crippen molar-refractivity contribution in [2.24, 2.45) is 0 Å². The second-order valence-electron chi connectivity index (χ2n) is 15.7. The van der Waals surface area contributed by atoms with Gasteiger partial charge in [0, 0.05) is 19.3 Å². The van der Waals surface area contributed by atoms with Crippen LogP contribution in [0, 0.1) is 0 Å². The van der Waals surface area contributed by atoms with E-state index < -0.39 is 6.10 Å². The van der Waals surface area contributed by atoms with Crippen molar-refractivity contribution in [2.75, 3.05) is 13.2 Å². The summed E-state index contributed by atoms with van der Waals surface area (Å²) >= 11 is 0. The molecule has 0 fully saturated rings. The van der Waals surface area contributed by atoms with Gasteiger partial charge in [-0.2, -0.15) is 0 Å². The van der Waals surface area contributed by atoms with Crippen molar-refractivity contribution in [2.45, 2.75) is 213 Å². The molecule has 340 valence electrons. The Balaban J connectivity index is 4.50. The predicted octanol–water partition coefficient (Wildman–Crippen LogP) is 15.8. The Morgan fingerprint density at radius 3 is 1.30 bits per heavy atom. The maximum Gasteiger partial charge on any atom is 0.306 e. The lowest BCUT2D eigenvalue weighted by Gasteiger charge is -2.18. The number of carbonyl (C=O) groups excluding carboxylic acids is 3. The van der Waals surface area contributed by atoms with Gasteiger partial charge in [-0.1, -0.05) is 195 Å². The van der Waals surface area contributed by atoms with E-state index in [0.29, 0.717) is 12.8 Å². The van der Waals surface area contributed by atoms with Gasteiger partial charge in [-0.3, -0.25) is 14.4 Å². The predicted molar refractivity (Wildman–Crippen MR) is 256 cm³/mol. The van der Waals surface area contributed by atoms with Crippen LogP contribution in [-0.4, -0.2) is 37.2 Å². The monoisotopic (exact) mass is 833 g/mol. The first-order valence-corrected chi connectivity index (χ1v) is 24.3. The van der Waals surface area contributed by atoms with Gasteiger partial charge in [0.25, 0.3) is 0 Å². The SMILES string of the molecule is CC/C=C/C=C/C=C/CCCCCCCC(=O)OC(COC(=O)CC/C=C/C/C=C/CCCCCCCC)COC(=O)CCCCCCCC/C=C/C/C=C/C/C=C/CC. The number of unbranched alkanes of at least 4 members (excludes halogenated alkanes) is 17. The summed E-state index contributed by atoms with van der Waals surface area (Å²) in [6.07, 6.45) is 62.6. The number of carbonyl (C=O) groups is 3. The molecule has 0 saturated carbocycles. The molecule has 0 heterocycles. The van der Waals surface area contributed by atoms with Gasteiger partial charge in [-0.05, 0) is 89.9 Å². The molecule has 0 amide bonds. The first-order valence-electron chi connectivity index (χ1n) is 24.3. The molecule has 0 aromatic rings. The van der Waals surface area contributed by atoms with Crippen LogP contribution in [0.1, 0.15) is 207 Å². The van der Waals surface area contributed by atoms with Crippen LogP contribution in [0.25, 0.3) is 0 Å². The van der Waals surface area contributed by atoms with Crippen LogP contribution < -0.4 is 0 Å². The van der Waals surface area contributed by atoms with Crippen LogP contribution in [0.5, 0.6) is 0 Å². The lowest BCUT2D eigenvalue weighted by Crippen LogP contribution is -2.30. The minimum atomic E-state index is -0.816. The standard InChI is InChI=1S/C54H88O6/c1-4-7-10-13-16-19-22-25-26-27-30-32-35-38-41-44-47-53(56)59-50-51(60-54(57)48-45-42-39-36-33-29-24-21-18-15-12-9-6-3)49-58-52(55)46-43-40-37-34-31-28-23-20-17-14-11-8-5-2/h7,9-10,12,15-16,18-19,21,24-26,28,31,37,40,51H,4-6,8,11,13-14,17,20,22-23,27,29-30,32-36,38-39,41-50H2,1-3H3/b10-7+,12-9+,18-15+,19-16+,24-21+,26-25+,31-28+,40-37+. The van der Waals surface area contributed by atoms with Crippen molar-refractivity contribution in [1.82, 2.24) is 0 Å². The minimum absolute atomic E-state index is 0.111. The zero-order valence-electron chi connectivity index (χ0n) is 38.7. The summed E-state index contributed by atoms with van der Waals surface area (Å²) in [6, 6.07) is 0. The van der Waals surface area contributed by atoms with Crippen molar-refractivity contribution >= 4 is 17.9 Å². The molecule has 6 heteroatoms. The number of ether oxygens (including phenoxy) is 3. The first kappa shape index (κ1) is 56.3. The average Bonchev–Trinajstić information content (AvgIpc) is 3.24. The van der Waals surface area contributed by atoms with Crippen molar-refractivity contribution in [3.63, 3.8) is 0 Å². The third-order valence-corrected chi connectivity index (χ3v) is 9.88. The molecule has 0 radical (unpaired) electrons. The maximum atomic E-state index is 12.7. The molecule has 0 spiro atoms. The molecule has 0 bridgehead atoms. The quantitative estimate of drug-likeness (QED) is 0.0200. The van der Waals surface area contributed by atoms with Crippen LogP contribution in [0.2, 0.25) is 0 Å². The Morgan fingerprint density at radius 1 is 0.367 bits per heavy atom. The zero-order valence-corrected chi connectivity index (χ0v) is 38.7. The molecule has 0 aliphatic carbocycles. The Kier molecular flexibility index (Phi) is 45.1. The van der Waals surface area contributed by atoms with Gasteiger partial charge in [-0.15, -0.1) is 0 Å². The van der Waals surface area contributed by atoms with Crippen LogP contribution in [0.4, 0.5) is 0 Å². The average molecular weight is 833 g/mol. The number of allylic oxidation sites excluding steroid dienone is 16. The lowest BCUT2D eigenvalue weighted by molar-refractivity contribution is -0.166. The second-order valence-corrected chi connectivity index (χ2v) is 15.7. The largest absolute Gasteiger partial charge is 0.462 e. The fourth-order valence-corrected chi connectivity index (χ4v) is 6.27.